The largest absolute Gasteiger partial charge is 0.326 e. The summed E-state index contributed by atoms with van der Waals surface area (Å²) < 4.78 is 0. The van der Waals surface area contributed by atoms with E-state index in [9.17, 15) is 14.4 Å². The van der Waals surface area contributed by atoms with Gasteiger partial charge in [-0.05, 0) is 35.9 Å². The molecule has 0 aromatic heterocycles. The van der Waals surface area contributed by atoms with E-state index in [-0.39, 0.29) is 29.7 Å². The highest BCUT2D eigenvalue weighted by molar-refractivity contribution is 6.35. The van der Waals surface area contributed by atoms with Crippen molar-refractivity contribution in [2.75, 3.05) is 12.4 Å². The maximum Gasteiger partial charge on any atom is 0.261 e. The zero-order valence-corrected chi connectivity index (χ0v) is 14.1. The van der Waals surface area contributed by atoms with Gasteiger partial charge in [0.25, 0.3) is 11.8 Å². The van der Waals surface area contributed by atoms with Crippen LogP contribution in [0.4, 0.5) is 5.69 Å². The second kappa shape index (κ2) is 6.26. The molecule has 1 heterocycles. The van der Waals surface area contributed by atoms with Gasteiger partial charge in [0.05, 0.1) is 17.5 Å². The van der Waals surface area contributed by atoms with Crippen molar-refractivity contribution in [1.29, 1.82) is 0 Å². The second-order valence-electron chi connectivity index (χ2n) is 5.39. The number of imide groups is 1. The average Bonchev–Trinajstić information content (AvgIpc) is 2.75. The lowest BCUT2D eigenvalue weighted by Crippen LogP contribution is -2.24. The van der Waals surface area contributed by atoms with Crippen LogP contribution in [0.2, 0.25) is 10.0 Å². The molecule has 0 saturated carbocycles. The van der Waals surface area contributed by atoms with Crippen LogP contribution < -0.4 is 5.32 Å². The molecule has 3 rings (SSSR count). The van der Waals surface area contributed by atoms with E-state index in [1.807, 2.05) is 0 Å². The molecule has 3 amide bonds. The molecular weight excluding hydrogens is 351 g/mol. The number of hydrogen-bond donors (Lipinski definition) is 1. The van der Waals surface area contributed by atoms with Crippen molar-refractivity contribution in [2.24, 2.45) is 0 Å². The first-order valence-corrected chi connectivity index (χ1v) is 7.82. The van der Waals surface area contributed by atoms with E-state index in [0.717, 1.165) is 4.90 Å². The highest BCUT2D eigenvalue weighted by Gasteiger charge is 2.32. The molecule has 2 aromatic rings. The van der Waals surface area contributed by atoms with Crippen molar-refractivity contribution in [2.45, 2.75) is 6.42 Å². The average molecular weight is 363 g/mol. The molecule has 1 aliphatic heterocycles. The summed E-state index contributed by atoms with van der Waals surface area (Å²) in [6.45, 7) is 0. The third-order valence-corrected chi connectivity index (χ3v) is 4.33. The Kier molecular flexibility index (Phi) is 4.30. The molecule has 0 bridgehead atoms. The van der Waals surface area contributed by atoms with Crippen molar-refractivity contribution < 1.29 is 14.4 Å². The van der Waals surface area contributed by atoms with Crippen LogP contribution in [0.5, 0.6) is 0 Å². The summed E-state index contributed by atoms with van der Waals surface area (Å²) in [4.78, 5) is 37.0. The molecule has 0 spiro atoms. The molecule has 0 fully saturated rings. The minimum absolute atomic E-state index is 0.0693. The topological polar surface area (TPSA) is 66.5 Å². The second-order valence-corrected chi connectivity index (χ2v) is 6.23. The molecule has 7 heteroatoms. The van der Waals surface area contributed by atoms with E-state index in [1.54, 1.807) is 24.3 Å². The van der Waals surface area contributed by atoms with Crippen LogP contribution in [0, 0.1) is 0 Å². The third-order valence-electron chi connectivity index (χ3n) is 3.74. The Morgan fingerprint density at radius 3 is 2.46 bits per heavy atom. The van der Waals surface area contributed by atoms with Gasteiger partial charge in [0.2, 0.25) is 5.91 Å². The number of carbonyl (C=O) groups is 3. The van der Waals surface area contributed by atoms with Crippen LogP contribution in [0.1, 0.15) is 26.3 Å². The summed E-state index contributed by atoms with van der Waals surface area (Å²) in [5, 5.41) is 3.61. The first-order chi connectivity index (χ1) is 11.4. The molecular formula is C17H12Cl2N2O3. The predicted molar refractivity (Wildman–Crippen MR) is 91.7 cm³/mol. The zero-order valence-electron chi connectivity index (χ0n) is 12.6. The van der Waals surface area contributed by atoms with Crippen molar-refractivity contribution in [3.05, 3.63) is 63.1 Å². The number of fused-ring (bicyclic) bond motifs is 1. The van der Waals surface area contributed by atoms with Gasteiger partial charge in [-0.15, -0.1) is 0 Å². The number of amides is 3. The van der Waals surface area contributed by atoms with Crippen LogP contribution in [-0.2, 0) is 11.2 Å². The van der Waals surface area contributed by atoms with Gasteiger partial charge in [0.1, 0.15) is 0 Å². The fraction of sp³-hybridized carbons (Fsp3) is 0.118. The molecule has 0 unspecified atom stereocenters. The standard InChI is InChI=1S/C17H12Cl2N2O3/c1-21-16(23)12-5-4-11(8-13(12)17(21)24)20-15(22)6-9-2-3-10(18)7-14(9)19/h2-5,7-8H,6H2,1H3,(H,20,22). The van der Waals surface area contributed by atoms with Crippen LogP contribution in [0.25, 0.3) is 0 Å². The lowest BCUT2D eigenvalue weighted by atomic mass is 10.1. The molecule has 2 aromatic carbocycles. The number of halogens is 2. The molecule has 122 valence electrons. The highest BCUT2D eigenvalue weighted by atomic mass is 35.5. The van der Waals surface area contributed by atoms with Gasteiger partial charge in [-0.25, -0.2) is 0 Å². The first kappa shape index (κ1) is 16.5. The van der Waals surface area contributed by atoms with Crippen LogP contribution in [-0.4, -0.2) is 29.7 Å². The predicted octanol–water partition coefficient (Wildman–Crippen LogP) is 3.40. The molecule has 24 heavy (non-hydrogen) atoms. The van der Waals surface area contributed by atoms with Crippen molar-refractivity contribution >= 4 is 46.6 Å². The zero-order chi connectivity index (χ0) is 17.4. The van der Waals surface area contributed by atoms with E-state index in [0.29, 0.717) is 26.9 Å². The first-order valence-electron chi connectivity index (χ1n) is 7.07. The Morgan fingerprint density at radius 2 is 1.75 bits per heavy atom. The highest BCUT2D eigenvalue weighted by Crippen LogP contribution is 2.25. The van der Waals surface area contributed by atoms with Crippen molar-refractivity contribution in [3.8, 4) is 0 Å². The number of nitrogens with one attached hydrogen (secondary N) is 1. The van der Waals surface area contributed by atoms with Crippen LogP contribution in [0.3, 0.4) is 0 Å². The number of benzene rings is 2. The summed E-state index contributed by atoms with van der Waals surface area (Å²) in [6.07, 6.45) is 0.0693. The Bertz CT molecular complexity index is 880. The molecule has 5 nitrogen and oxygen atoms in total. The SMILES string of the molecule is CN1C(=O)c2ccc(NC(=O)Cc3ccc(Cl)cc3Cl)cc2C1=O. The number of hydrogen-bond acceptors (Lipinski definition) is 3. The van der Waals surface area contributed by atoms with E-state index < -0.39 is 0 Å². The normalized spacial score (nSPS) is 13.2. The number of nitrogens with zero attached hydrogens (tertiary/aromatic N) is 1. The summed E-state index contributed by atoms with van der Waals surface area (Å²) in [7, 11) is 1.42. The quantitative estimate of drug-likeness (QED) is 0.850. The van der Waals surface area contributed by atoms with Gasteiger partial charge in [0.15, 0.2) is 0 Å². The molecule has 0 atom stereocenters. The summed E-state index contributed by atoms with van der Waals surface area (Å²) >= 11 is 11.9. The van der Waals surface area contributed by atoms with Gasteiger partial charge in [-0.3, -0.25) is 19.3 Å². The molecule has 1 aliphatic rings. The van der Waals surface area contributed by atoms with Gasteiger partial charge >= 0.3 is 0 Å². The van der Waals surface area contributed by atoms with E-state index in [4.69, 9.17) is 23.2 Å². The minimum atomic E-state index is -0.383. The number of carbonyl (C=O) groups excluding carboxylic acids is 3. The van der Waals surface area contributed by atoms with Crippen LogP contribution in [0.15, 0.2) is 36.4 Å². The van der Waals surface area contributed by atoms with Gasteiger partial charge in [0, 0.05) is 22.8 Å². The smallest absolute Gasteiger partial charge is 0.261 e. The van der Waals surface area contributed by atoms with E-state index in [2.05, 4.69) is 5.32 Å². The Hall–Kier alpha value is -2.37. The van der Waals surface area contributed by atoms with Crippen LogP contribution >= 0.6 is 23.2 Å². The Morgan fingerprint density at radius 1 is 1.04 bits per heavy atom. The lowest BCUT2D eigenvalue weighted by molar-refractivity contribution is -0.115. The van der Waals surface area contributed by atoms with Gasteiger partial charge in [-0.2, -0.15) is 0 Å². The van der Waals surface area contributed by atoms with Gasteiger partial charge < -0.3 is 5.32 Å². The minimum Gasteiger partial charge on any atom is -0.326 e. The Balaban J connectivity index is 1.76. The Labute approximate surface area is 148 Å². The lowest BCUT2D eigenvalue weighted by Gasteiger charge is -2.08. The molecule has 0 aliphatic carbocycles. The maximum atomic E-state index is 12.2. The van der Waals surface area contributed by atoms with E-state index in [1.165, 1.54) is 19.2 Å². The number of anilines is 1. The summed E-state index contributed by atoms with van der Waals surface area (Å²) in [6, 6.07) is 9.53. The molecule has 0 radical (unpaired) electrons. The number of rotatable bonds is 3. The maximum absolute atomic E-state index is 12.2. The molecule has 0 saturated heterocycles. The fourth-order valence-electron chi connectivity index (χ4n) is 2.48. The van der Waals surface area contributed by atoms with Crippen molar-refractivity contribution in [3.63, 3.8) is 0 Å². The summed E-state index contributed by atoms with van der Waals surface area (Å²) in [5.41, 5.74) is 1.71. The van der Waals surface area contributed by atoms with E-state index >= 15 is 0 Å². The monoisotopic (exact) mass is 362 g/mol. The fourth-order valence-corrected chi connectivity index (χ4v) is 2.96. The summed E-state index contributed by atoms with van der Waals surface area (Å²) in [5.74, 6) is -1.02. The molecule has 1 N–H and O–H groups in total. The van der Waals surface area contributed by atoms with Crippen molar-refractivity contribution in [1.82, 2.24) is 4.90 Å². The van der Waals surface area contributed by atoms with Gasteiger partial charge in [-0.1, -0.05) is 29.3 Å². The third kappa shape index (κ3) is 3.00.